The Balaban J connectivity index is 1.55. The van der Waals surface area contributed by atoms with Crippen LogP contribution in [-0.4, -0.2) is 59.4 Å². The fourth-order valence-electron chi connectivity index (χ4n) is 4.92. The number of anilines is 2. The lowest BCUT2D eigenvalue weighted by atomic mass is 10.0. The number of hydrogen-bond acceptors (Lipinski definition) is 6. The molecule has 5 rings (SSSR count). The van der Waals surface area contributed by atoms with Crippen LogP contribution in [0, 0.1) is 11.6 Å². The molecule has 2 N–H and O–H groups in total. The van der Waals surface area contributed by atoms with Gasteiger partial charge in [-0.1, -0.05) is 0 Å². The number of amides is 2. The van der Waals surface area contributed by atoms with E-state index in [1.165, 1.54) is 24.5 Å². The zero-order chi connectivity index (χ0) is 28.6. The summed E-state index contributed by atoms with van der Waals surface area (Å²) in [7, 11) is 0. The fourth-order valence-corrected chi connectivity index (χ4v) is 4.92. The number of aromatic nitrogens is 1. The highest BCUT2D eigenvalue weighted by Gasteiger charge is 2.43. The summed E-state index contributed by atoms with van der Waals surface area (Å²) in [6.07, 6.45) is -1.72. The van der Waals surface area contributed by atoms with Crippen molar-refractivity contribution in [2.24, 2.45) is 0 Å². The van der Waals surface area contributed by atoms with Crippen LogP contribution in [0.5, 0.6) is 5.75 Å². The van der Waals surface area contributed by atoms with E-state index < -0.39 is 47.3 Å². The second-order valence-corrected chi connectivity index (χ2v) is 9.50. The summed E-state index contributed by atoms with van der Waals surface area (Å²) in [6.45, 7) is 2.57. The molecule has 0 spiro atoms. The minimum atomic E-state index is -5.17. The number of rotatable bonds is 7. The van der Waals surface area contributed by atoms with Crippen LogP contribution in [-0.2, 0) is 9.53 Å². The maximum absolute atomic E-state index is 14.1. The Labute approximate surface area is 225 Å². The molecule has 2 fully saturated rings. The molecule has 1 aromatic heterocycles. The number of pyridine rings is 1. The second kappa shape index (κ2) is 10.8. The van der Waals surface area contributed by atoms with E-state index in [0.29, 0.717) is 19.2 Å². The molecule has 3 aromatic rings. The molecule has 2 amide bonds. The van der Waals surface area contributed by atoms with Crippen molar-refractivity contribution < 1.29 is 41.0 Å². The van der Waals surface area contributed by atoms with Crippen molar-refractivity contribution in [1.29, 1.82) is 0 Å². The third-order valence-electron chi connectivity index (χ3n) is 6.77. The van der Waals surface area contributed by atoms with Gasteiger partial charge < -0.3 is 20.1 Å². The molecule has 3 heterocycles. The standard InChI is InChI=1S/C27H23F5N4O4/c1-14(36-12-20-8-19(36)13-39-20)25(37)35-23-10-22(34-26(38)15-3-2-4-33-11-15)21(9-24(23)40-27(30,31)32)16-5-17(28)7-18(29)6-16/h2-7,9-11,14,19-20H,8,12-13H2,1H3,(H,34,38)(H,35,37)/t14-,19+,20+/m1/s1. The highest BCUT2D eigenvalue weighted by Crippen LogP contribution is 2.41. The minimum absolute atomic E-state index is 0.00962. The molecular formula is C27H23F5N4O4. The molecule has 2 saturated heterocycles. The van der Waals surface area contributed by atoms with Crippen LogP contribution in [0.4, 0.5) is 33.3 Å². The van der Waals surface area contributed by atoms with Gasteiger partial charge in [0.1, 0.15) is 11.6 Å². The van der Waals surface area contributed by atoms with Gasteiger partial charge >= 0.3 is 6.36 Å². The van der Waals surface area contributed by atoms with Gasteiger partial charge in [0, 0.05) is 36.6 Å². The van der Waals surface area contributed by atoms with Gasteiger partial charge in [-0.25, -0.2) is 8.78 Å². The molecule has 2 aliphatic rings. The van der Waals surface area contributed by atoms with Gasteiger partial charge in [-0.05, 0) is 55.3 Å². The first kappa shape index (κ1) is 27.5. The number of morpholine rings is 1. The zero-order valence-corrected chi connectivity index (χ0v) is 21.0. The molecule has 0 unspecified atom stereocenters. The summed E-state index contributed by atoms with van der Waals surface area (Å²) >= 11 is 0. The number of hydrogen-bond donors (Lipinski definition) is 2. The van der Waals surface area contributed by atoms with Gasteiger partial charge in [-0.2, -0.15) is 0 Å². The third-order valence-corrected chi connectivity index (χ3v) is 6.77. The summed E-state index contributed by atoms with van der Waals surface area (Å²) < 4.78 is 78.1. The number of likely N-dealkylation sites (tertiary alicyclic amines) is 1. The number of halogens is 5. The lowest BCUT2D eigenvalue weighted by molar-refractivity contribution is -0.274. The molecule has 3 atom stereocenters. The SMILES string of the molecule is C[C@H](C(=O)Nc1cc(NC(=O)c2cccnc2)c(-c2cc(F)cc(F)c2)cc1OC(F)(F)F)N1C[C@@H]2C[C@H]1CO2. The Morgan fingerprint density at radius 1 is 1.10 bits per heavy atom. The number of carbonyl (C=O) groups excluding carboxylic acids is 2. The smallest absolute Gasteiger partial charge is 0.404 e. The Hall–Kier alpha value is -4.10. The lowest BCUT2D eigenvalue weighted by Crippen LogP contribution is -2.48. The van der Waals surface area contributed by atoms with Gasteiger partial charge in [0.05, 0.1) is 35.7 Å². The largest absolute Gasteiger partial charge is 0.573 e. The van der Waals surface area contributed by atoms with E-state index in [1.807, 2.05) is 4.90 Å². The predicted molar refractivity (Wildman–Crippen MR) is 134 cm³/mol. The van der Waals surface area contributed by atoms with Crippen LogP contribution in [0.15, 0.2) is 54.9 Å². The summed E-state index contributed by atoms with van der Waals surface area (Å²) in [4.78, 5) is 31.9. The Morgan fingerprint density at radius 2 is 1.85 bits per heavy atom. The van der Waals surface area contributed by atoms with Gasteiger partial charge in [-0.15, -0.1) is 13.2 Å². The van der Waals surface area contributed by atoms with E-state index >= 15 is 0 Å². The number of fused-ring (bicyclic) bond motifs is 2. The van der Waals surface area contributed by atoms with Gasteiger partial charge in [0.25, 0.3) is 5.91 Å². The summed E-state index contributed by atoms with van der Waals surface area (Å²) in [6, 6.07) is 6.52. The third kappa shape index (κ3) is 6.05. The number of ether oxygens (including phenoxy) is 2. The summed E-state index contributed by atoms with van der Waals surface area (Å²) in [5.41, 5.74) is -0.790. The lowest BCUT2D eigenvalue weighted by Gasteiger charge is -2.31. The average Bonchev–Trinajstić information content (AvgIpc) is 3.53. The van der Waals surface area contributed by atoms with Crippen LogP contribution in [0.3, 0.4) is 0 Å². The van der Waals surface area contributed by atoms with E-state index in [9.17, 15) is 31.5 Å². The molecule has 8 nitrogen and oxygen atoms in total. The van der Waals surface area contributed by atoms with E-state index in [1.54, 1.807) is 6.92 Å². The molecule has 0 aliphatic carbocycles. The summed E-state index contributed by atoms with van der Waals surface area (Å²) in [5.74, 6) is -4.14. The van der Waals surface area contributed by atoms with E-state index in [2.05, 4.69) is 20.4 Å². The van der Waals surface area contributed by atoms with Crippen molar-refractivity contribution >= 4 is 23.2 Å². The van der Waals surface area contributed by atoms with Crippen LogP contribution >= 0.6 is 0 Å². The average molecular weight is 562 g/mol. The van der Waals surface area contributed by atoms with Crippen molar-refractivity contribution in [1.82, 2.24) is 9.88 Å². The molecule has 0 radical (unpaired) electrons. The molecule has 40 heavy (non-hydrogen) atoms. The Bertz CT molecular complexity index is 1420. The summed E-state index contributed by atoms with van der Waals surface area (Å²) in [5, 5.41) is 5.00. The molecule has 2 aromatic carbocycles. The van der Waals surface area contributed by atoms with Crippen LogP contribution < -0.4 is 15.4 Å². The molecule has 2 aliphatic heterocycles. The first-order valence-corrected chi connectivity index (χ1v) is 12.3. The minimum Gasteiger partial charge on any atom is -0.404 e. The normalized spacial score (nSPS) is 19.4. The molecule has 0 saturated carbocycles. The molecule has 210 valence electrons. The van der Waals surface area contributed by atoms with Crippen LogP contribution in [0.2, 0.25) is 0 Å². The monoisotopic (exact) mass is 562 g/mol. The van der Waals surface area contributed by atoms with E-state index in [0.717, 1.165) is 30.7 Å². The van der Waals surface area contributed by atoms with Gasteiger partial charge in [0.15, 0.2) is 5.75 Å². The molecular weight excluding hydrogens is 539 g/mol. The molecule has 2 bridgehead atoms. The zero-order valence-electron chi connectivity index (χ0n) is 21.0. The first-order chi connectivity index (χ1) is 19.0. The van der Waals surface area contributed by atoms with E-state index in [-0.39, 0.29) is 34.5 Å². The Kier molecular flexibility index (Phi) is 7.43. The number of nitrogens with one attached hydrogen (secondary N) is 2. The van der Waals surface area contributed by atoms with Gasteiger partial charge in [-0.3, -0.25) is 19.5 Å². The quantitative estimate of drug-likeness (QED) is 0.395. The highest BCUT2D eigenvalue weighted by molar-refractivity contribution is 6.07. The topological polar surface area (TPSA) is 92.8 Å². The van der Waals surface area contributed by atoms with Gasteiger partial charge in [0.2, 0.25) is 5.91 Å². The van der Waals surface area contributed by atoms with Crippen molar-refractivity contribution in [3.63, 3.8) is 0 Å². The van der Waals surface area contributed by atoms with Crippen LogP contribution in [0.25, 0.3) is 11.1 Å². The molecule has 13 heteroatoms. The predicted octanol–water partition coefficient (Wildman–Crippen LogP) is 4.98. The van der Waals surface area contributed by atoms with E-state index in [4.69, 9.17) is 4.74 Å². The number of nitrogens with zero attached hydrogens (tertiary/aromatic N) is 2. The van der Waals surface area contributed by atoms with Crippen molar-refractivity contribution in [3.05, 3.63) is 72.1 Å². The maximum atomic E-state index is 14.1. The second-order valence-electron chi connectivity index (χ2n) is 9.50. The number of carbonyl (C=O) groups is 2. The number of alkyl halides is 3. The van der Waals surface area contributed by atoms with Crippen LogP contribution in [0.1, 0.15) is 23.7 Å². The number of benzene rings is 2. The van der Waals surface area contributed by atoms with Crippen molar-refractivity contribution in [2.45, 2.75) is 37.9 Å². The Morgan fingerprint density at radius 3 is 2.45 bits per heavy atom. The maximum Gasteiger partial charge on any atom is 0.573 e. The first-order valence-electron chi connectivity index (χ1n) is 12.3. The van der Waals surface area contributed by atoms with Crippen molar-refractivity contribution in [2.75, 3.05) is 23.8 Å². The fraction of sp³-hybridized carbons (Fsp3) is 0.296. The highest BCUT2D eigenvalue weighted by atomic mass is 19.4. The van der Waals surface area contributed by atoms with Crippen molar-refractivity contribution in [3.8, 4) is 16.9 Å².